The minimum absolute atomic E-state index is 0.0298. The Kier molecular flexibility index (Phi) is 4.70. The van der Waals surface area contributed by atoms with Crippen LogP contribution in [0.3, 0.4) is 0 Å². The summed E-state index contributed by atoms with van der Waals surface area (Å²) in [4.78, 5) is 4.75. The van der Waals surface area contributed by atoms with Crippen molar-refractivity contribution in [2.45, 2.75) is 17.9 Å². The van der Waals surface area contributed by atoms with Gasteiger partial charge in [-0.3, -0.25) is 0 Å². The second-order valence-electron chi connectivity index (χ2n) is 4.35. The molecule has 0 amide bonds. The van der Waals surface area contributed by atoms with E-state index in [2.05, 4.69) is 4.33 Å². The van der Waals surface area contributed by atoms with Gasteiger partial charge in [0.1, 0.15) is 6.07 Å². The molecule has 1 unspecified atom stereocenters. The largest absolute Gasteiger partial charge is 0.323 e. The zero-order valence-corrected chi connectivity index (χ0v) is 12.1. The fraction of sp³-hybridized carbons (Fsp3) is 0.133. The van der Waals surface area contributed by atoms with Gasteiger partial charge in [-0.15, -0.1) is 4.33 Å². The van der Waals surface area contributed by atoms with Crippen LogP contribution in [0.1, 0.15) is 17.2 Å². The van der Waals surface area contributed by atoms with Crippen LogP contribution >= 0.6 is 0 Å². The van der Waals surface area contributed by atoms with E-state index < -0.39 is 16.2 Å². The first-order valence-electron chi connectivity index (χ1n) is 6.14. The fourth-order valence-corrected chi connectivity index (χ4v) is 2.34. The topological polar surface area (TPSA) is 76.4 Å². The van der Waals surface area contributed by atoms with E-state index in [9.17, 15) is 8.42 Å². The van der Waals surface area contributed by atoms with Gasteiger partial charge < -0.3 is 0 Å². The Morgan fingerprint density at radius 1 is 1.05 bits per heavy atom. The molecule has 6 heteroatoms. The number of rotatable bonds is 5. The molecule has 2 aromatic rings. The van der Waals surface area contributed by atoms with Crippen molar-refractivity contribution >= 4 is 10.1 Å². The summed E-state index contributed by atoms with van der Waals surface area (Å²) in [6.07, 6.45) is -1.12. The lowest BCUT2D eigenvalue weighted by molar-refractivity contribution is -0.227. The maximum Gasteiger partial charge on any atom is 0.323 e. The Balaban J connectivity index is 2.11. The summed E-state index contributed by atoms with van der Waals surface area (Å²) in [6.45, 7) is 1.84. The molecule has 5 nitrogen and oxygen atoms in total. The number of aryl methyl sites for hydroxylation is 1. The molecule has 0 aliphatic rings. The molecule has 1 atom stereocenters. The van der Waals surface area contributed by atoms with E-state index >= 15 is 0 Å². The van der Waals surface area contributed by atoms with Gasteiger partial charge >= 0.3 is 10.1 Å². The SMILES string of the molecule is Cc1ccc(S(=O)(=O)OOC(C#N)c2ccccc2)cc1. The summed E-state index contributed by atoms with van der Waals surface area (Å²) >= 11 is 0. The molecule has 0 aromatic heterocycles. The molecule has 0 heterocycles. The maximum absolute atomic E-state index is 11.9. The van der Waals surface area contributed by atoms with E-state index in [0.29, 0.717) is 5.56 Å². The number of nitrogens with zero attached hydrogens (tertiary/aromatic N) is 1. The monoisotopic (exact) mass is 303 g/mol. The van der Waals surface area contributed by atoms with Gasteiger partial charge in [-0.1, -0.05) is 48.0 Å². The summed E-state index contributed by atoms with van der Waals surface area (Å²) in [5.41, 5.74) is 1.44. The van der Waals surface area contributed by atoms with Crippen molar-refractivity contribution in [1.82, 2.24) is 0 Å². The summed E-state index contributed by atoms with van der Waals surface area (Å²) in [5, 5.41) is 9.03. The molecule has 0 bridgehead atoms. The zero-order valence-electron chi connectivity index (χ0n) is 11.3. The van der Waals surface area contributed by atoms with Gasteiger partial charge in [0.2, 0.25) is 6.10 Å². The van der Waals surface area contributed by atoms with E-state index in [1.165, 1.54) is 12.1 Å². The van der Waals surface area contributed by atoms with Crippen LogP contribution < -0.4 is 0 Å². The van der Waals surface area contributed by atoms with E-state index in [-0.39, 0.29) is 4.90 Å². The third-order valence-electron chi connectivity index (χ3n) is 2.75. The normalized spacial score (nSPS) is 12.6. The molecule has 108 valence electrons. The third-order valence-corrected chi connectivity index (χ3v) is 3.86. The summed E-state index contributed by atoms with van der Waals surface area (Å²) < 4.78 is 28.4. The molecule has 0 radical (unpaired) electrons. The molecule has 0 saturated heterocycles. The predicted molar refractivity (Wildman–Crippen MR) is 75.3 cm³/mol. The highest BCUT2D eigenvalue weighted by Crippen LogP contribution is 2.20. The van der Waals surface area contributed by atoms with E-state index in [1.807, 2.05) is 13.0 Å². The van der Waals surface area contributed by atoms with Gasteiger partial charge in [0.05, 0.1) is 4.90 Å². The first kappa shape index (κ1) is 15.2. The molecule has 2 aromatic carbocycles. The van der Waals surface area contributed by atoms with Crippen LogP contribution in [0, 0.1) is 18.3 Å². The Morgan fingerprint density at radius 3 is 2.24 bits per heavy atom. The van der Waals surface area contributed by atoms with Crippen LogP contribution in [0.25, 0.3) is 0 Å². The van der Waals surface area contributed by atoms with Crippen LogP contribution in [-0.2, 0) is 19.3 Å². The van der Waals surface area contributed by atoms with Crippen LogP contribution in [0.4, 0.5) is 0 Å². The quantitative estimate of drug-likeness (QED) is 0.627. The minimum Gasteiger partial charge on any atom is -0.196 e. The molecule has 0 aliphatic carbocycles. The predicted octanol–water partition coefficient (Wildman–Crippen LogP) is 2.90. The average Bonchev–Trinajstić information content (AvgIpc) is 2.49. The molecule has 0 fully saturated rings. The first-order valence-corrected chi connectivity index (χ1v) is 7.55. The standard InChI is InChI=1S/C15H13NO4S/c1-12-7-9-14(10-8-12)21(17,18)20-19-15(11-16)13-5-3-2-4-6-13/h2-10,15H,1H3. The van der Waals surface area contributed by atoms with Gasteiger partial charge in [0, 0.05) is 0 Å². The molecule has 0 aliphatic heterocycles. The fourth-order valence-electron chi connectivity index (χ4n) is 1.61. The molecule has 2 rings (SSSR count). The Labute approximate surface area is 123 Å². The van der Waals surface area contributed by atoms with Crippen LogP contribution in [-0.4, -0.2) is 8.42 Å². The number of hydrogen-bond acceptors (Lipinski definition) is 5. The lowest BCUT2D eigenvalue weighted by Gasteiger charge is -2.10. The number of benzene rings is 2. The van der Waals surface area contributed by atoms with Crippen molar-refractivity contribution in [3.63, 3.8) is 0 Å². The smallest absolute Gasteiger partial charge is 0.196 e. The van der Waals surface area contributed by atoms with Gasteiger partial charge in [-0.05, 0) is 24.6 Å². The second-order valence-corrected chi connectivity index (χ2v) is 5.87. The van der Waals surface area contributed by atoms with Crippen LogP contribution in [0.5, 0.6) is 0 Å². The molecular weight excluding hydrogens is 290 g/mol. The van der Waals surface area contributed by atoms with E-state index in [0.717, 1.165) is 5.56 Å². The third kappa shape index (κ3) is 3.89. The number of nitriles is 1. The van der Waals surface area contributed by atoms with Gasteiger partial charge in [0.25, 0.3) is 0 Å². The van der Waals surface area contributed by atoms with Crippen molar-refractivity contribution in [1.29, 1.82) is 5.26 Å². The van der Waals surface area contributed by atoms with E-state index in [1.54, 1.807) is 42.5 Å². The van der Waals surface area contributed by atoms with Crippen LogP contribution in [0.2, 0.25) is 0 Å². The van der Waals surface area contributed by atoms with Crippen molar-refractivity contribution in [3.8, 4) is 6.07 Å². The molecular formula is C15H13NO4S. The molecule has 0 saturated carbocycles. The lowest BCUT2D eigenvalue weighted by atomic mass is 10.1. The van der Waals surface area contributed by atoms with Gasteiger partial charge in [-0.25, -0.2) is 0 Å². The van der Waals surface area contributed by atoms with Crippen molar-refractivity contribution in [2.24, 2.45) is 0 Å². The zero-order chi connectivity index (χ0) is 15.3. The van der Waals surface area contributed by atoms with Crippen molar-refractivity contribution in [2.75, 3.05) is 0 Å². The van der Waals surface area contributed by atoms with E-state index in [4.69, 9.17) is 10.1 Å². The Hall–Kier alpha value is -2.20. The Morgan fingerprint density at radius 2 is 1.67 bits per heavy atom. The lowest BCUT2D eigenvalue weighted by Crippen LogP contribution is -2.10. The van der Waals surface area contributed by atoms with Crippen LogP contribution in [0.15, 0.2) is 59.5 Å². The number of hydrogen-bond donors (Lipinski definition) is 0. The molecule has 21 heavy (non-hydrogen) atoms. The summed E-state index contributed by atoms with van der Waals surface area (Å²) in [5.74, 6) is 0. The first-order chi connectivity index (χ1) is 10.0. The Bertz CT molecular complexity index is 733. The molecule has 0 N–H and O–H groups in total. The van der Waals surface area contributed by atoms with Crippen molar-refractivity contribution < 1.29 is 17.6 Å². The van der Waals surface area contributed by atoms with Gasteiger partial charge in [-0.2, -0.15) is 18.6 Å². The average molecular weight is 303 g/mol. The summed E-state index contributed by atoms with van der Waals surface area (Å²) in [7, 11) is -4.06. The summed E-state index contributed by atoms with van der Waals surface area (Å²) in [6, 6.07) is 16.5. The minimum atomic E-state index is -4.06. The highest BCUT2D eigenvalue weighted by molar-refractivity contribution is 7.86. The second kappa shape index (κ2) is 6.50. The maximum atomic E-state index is 11.9. The van der Waals surface area contributed by atoms with Crippen molar-refractivity contribution in [3.05, 3.63) is 65.7 Å². The highest BCUT2D eigenvalue weighted by atomic mass is 32.2. The highest BCUT2D eigenvalue weighted by Gasteiger charge is 2.20. The molecule has 0 spiro atoms. The van der Waals surface area contributed by atoms with Gasteiger partial charge in [0.15, 0.2) is 0 Å².